The van der Waals surface area contributed by atoms with Gasteiger partial charge in [0, 0.05) is 0 Å². The van der Waals surface area contributed by atoms with Crippen molar-refractivity contribution in [1.29, 1.82) is 0 Å². The predicted octanol–water partition coefficient (Wildman–Crippen LogP) is -0.765. The van der Waals surface area contributed by atoms with E-state index in [2.05, 4.69) is 11.3 Å². The van der Waals surface area contributed by atoms with Gasteiger partial charge in [0.25, 0.3) is 0 Å². The zero-order valence-corrected chi connectivity index (χ0v) is 9.92. The fourth-order valence-corrected chi connectivity index (χ4v) is 0.538. The zero-order valence-electron chi connectivity index (χ0n) is 9.92. The van der Waals surface area contributed by atoms with E-state index in [1.54, 1.807) is 0 Å². The van der Waals surface area contributed by atoms with Crippen LogP contribution in [0, 0.1) is 0 Å². The smallest absolute Gasteiger partial charge is 0.370 e. The Balaban J connectivity index is 0. The van der Waals surface area contributed by atoms with Crippen LogP contribution in [-0.4, -0.2) is 68.0 Å². The van der Waals surface area contributed by atoms with Crippen LogP contribution in [0.15, 0.2) is 12.3 Å². The average Bonchev–Trinajstić information content (AvgIpc) is 2.33. The van der Waals surface area contributed by atoms with Crippen molar-refractivity contribution >= 4 is 5.97 Å². The molecule has 0 unspecified atom stereocenters. The molecule has 17 heavy (non-hydrogen) atoms. The molecule has 7 heteroatoms. The number of carboxylic acid groups (broad SMARTS) is 1. The van der Waals surface area contributed by atoms with Crippen molar-refractivity contribution in [3.63, 3.8) is 0 Å². The third-order valence-corrected chi connectivity index (χ3v) is 1.33. The van der Waals surface area contributed by atoms with Crippen LogP contribution in [0.25, 0.3) is 0 Å². The molecule has 0 spiro atoms. The van der Waals surface area contributed by atoms with Gasteiger partial charge in [0.05, 0.1) is 46.8 Å². The highest BCUT2D eigenvalue weighted by Crippen LogP contribution is 1.86. The molecule has 7 nitrogen and oxygen atoms in total. The Morgan fingerprint density at radius 3 is 1.65 bits per heavy atom. The lowest BCUT2D eigenvalue weighted by molar-refractivity contribution is -0.136. The lowest BCUT2D eigenvalue weighted by atomic mass is 10.6. The minimum atomic E-state index is -1.12. The topological polar surface area (TPSA) is 105 Å². The summed E-state index contributed by atoms with van der Waals surface area (Å²) in [5.41, 5.74) is 0. The lowest BCUT2D eigenvalue weighted by Crippen LogP contribution is -2.09. The normalized spacial score (nSPS) is 9.12. The van der Waals surface area contributed by atoms with Crippen molar-refractivity contribution in [2.45, 2.75) is 0 Å². The largest absolute Gasteiger partial charge is 0.490 e. The van der Waals surface area contributed by atoms with Crippen LogP contribution in [0.2, 0.25) is 0 Å². The van der Waals surface area contributed by atoms with Gasteiger partial charge < -0.3 is 29.5 Å². The van der Waals surface area contributed by atoms with E-state index in [0.717, 1.165) is 0 Å². The molecule has 0 aliphatic rings. The van der Waals surface area contributed by atoms with E-state index in [9.17, 15) is 4.79 Å². The summed E-state index contributed by atoms with van der Waals surface area (Å²) in [6, 6.07) is 0. The number of carboxylic acids is 1. The fraction of sp³-hybridized carbons (Fsp3) is 0.700. The first kappa shape index (κ1) is 18.2. The Labute approximate surface area is 100 Å². The standard InChI is InChI=1S/C6H14O4.C4H6O3/c7-1-3-9-5-6-10-4-2-8;1-3(7-2)4(5)6/h7-8H,1-6H2;1H2,2H3,(H,5,6). The third kappa shape index (κ3) is 17.5. The first-order valence-corrected chi connectivity index (χ1v) is 4.93. The molecule has 0 aromatic carbocycles. The van der Waals surface area contributed by atoms with Crippen molar-refractivity contribution < 1.29 is 34.3 Å². The van der Waals surface area contributed by atoms with Crippen LogP contribution in [-0.2, 0) is 19.0 Å². The molecule has 0 atom stereocenters. The minimum Gasteiger partial charge on any atom is -0.490 e. The van der Waals surface area contributed by atoms with Crippen LogP contribution in [0.1, 0.15) is 0 Å². The van der Waals surface area contributed by atoms with Gasteiger partial charge in [0.1, 0.15) is 0 Å². The quantitative estimate of drug-likeness (QED) is 0.281. The molecule has 0 saturated heterocycles. The van der Waals surface area contributed by atoms with E-state index in [4.69, 9.17) is 24.8 Å². The van der Waals surface area contributed by atoms with Crippen LogP contribution >= 0.6 is 0 Å². The molecular formula is C10H20O7. The number of hydrogen-bond acceptors (Lipinski definition) is 6. The molecule has 0 aromatic rings. The third-order valence-electron chi connectivity index (χ3n) is 1.33. The number of rotatable bonds is 9. The monoisotopic (exact) mass is 252 g/mol. The number of aliphatic carboxylic acids is 1. The summed E-state index contributed by atoms with van der Waals surface area (Å²) < 4.78 is 14.0. The van der Waals surface area contributed by atoms with Gasteiger partial charge in [-0.25, -0.2) is 4.79 Å². The van der Waals surface area contributed by atoms with Gasteiger partial charge in [-0.15, -0.1) is 0 Å². The van der Waals surface area contributed by atoms with Crippen LogP contribution in [0.4, 0.5) is 0 Å². The predicted molar refractivity (Wildman–Crippen MR) is 59.6 cm³/mol. The van der Waals surface area contributed by atoms with Crippen molar-refractivity contribution in [2.75, 3.05) is 46.8 Å². The second-order valence-corrected chi connectivity index (χ2v) is 2.60. The van der Waals surface area contributed by atoms with E-state index in [1.165, 1.54) is 7.11 Å². The highest BCUT2D eigenvalue weighted by molar-refractivity contribution is 5.83. The molecule has 0 aliphatic carbocycles. The fourth-order valence-electron chi connectivity index (χ4n) is 0.538. The second kappa shape index (κ2) is 14.8. The van der Waals surface area contributed by atoms with E-state index >= 15 is 0 Å². The van der Waals surface area contributed by atoms with E-state index in [1.807, 2.05) is 0 Å². The zero-order chi connectivity index (χ0) is 13.5. The van der Waals surface area contributed by atoms with Crippen molar-refractivity contribution in [2.24, 2.45) is 0 Å². The Morgan fingerprint density at radius 1 is 1.06 bits per heavy atom. The maximum absolute atomic E-state index is 9.71. The summed E-state index contributed by atoms with van der Waals surface area (Å²) >= 11 is 0. The molecule has 0 amide bonds. The molecule has 0 aromatic heterocycles. The summed E-state index contributed by atoms with van der Waals surface area (Å²) in [6.45, 7) is 4.78. The molecule has 0 saturated carbocycles. The first-order valence-electron chi connectivity index (χ1n) is 4.93. The van der Waals surface area contributed by atoms with Crippen LogP contribution in [0.5, 0.6) is 0 Å². The molecular weight excluding hydrogens is 232 g/mol. The summed E-state index contributed by atoms with van der Waals surface area (Å²) in [6.07, 6.45) is 0. The Hall–Kier alpha value is -1.15. The first-order chi connectivity index (χ1) is 8.09. The molecule has 3 N–H and O–H groups in total. The summed E-state index contributed by atoms with van der Waals surface area (Å²) in [7, 11) is 1.26. The molecule has 0 rings (SSSR count). The maximum Gasteiger partial charge on any atom is 0.370 e. The molecule has 102 valence electrons. The van der Waals surface area contributed by atoms with E-state index in [-0.39, 0.29) is 19.0 Å². The second-order valence-electron chi connectivity index (χ2n) is 2.60. The van der Waals surface area contributed by atoms with Crippen molar-refractivity contribution in [1.82, 2.24) is 0 Å². The summed E-state index contributed by atoms with van der Waals surface area (Å²) in [5, 5.41) is 24.5. The van der Waals surface area contributed by atoms with Gasteiger partial charge in [0.15, 0.2) is 5.76 Å². The Kier molecular flexibility index (Phi) is 15.9. The highest BCUT2D eigenvalue weighted by Gasteiger charge is 1.98. The number of ether oxygens (including phenoxy) is 3. The number of methoxy groups -OCH3 is 1. The minimum absolute atomic E-state index is 0.0417. The number of carbonyl (C=O) groups is 1. The van der Waals surface area contributed by atoms with Gasteiger partial charge in [-0.3, -0.25) is 0 Å². The van der Waals surface area contributed by atoms with Crippen LogP contribution in [0.3, 0.4) is 0 Å². The average molecular weight is 252 g/mol. The maximum atomic E-state index is 9.71. The Bertz CT molecular complexity index is 185. The summed E-state index contributed by atoms with van der Waals surface area (Å²) in [5.74, 6) is -1.36. The van der Waals surface area contributed by atoms with Gasteiger partial charge in [-0.2, -0.15) is 0 Å². The SMILES string of the molecule is C=C(OC)C(=O)O.OCCOCCOCCO. The molecule has 0 bridgehead atoms. The number of hydrogen-bond donors (Lipinski definition) is 3. The molecule has 0 heterocycles. The van der Waals surface area contributed by atoms with E-state index < -0.39 is 5.97 Å². The van der Waals surface area contributed by atoms with Gasteiger partial charge in [-0.1, -0.05) is 0 Å². The van der Waals surface area contributed by atoms with Gasteiger partial charge in [-0.05, 0) is 6.58 Å². The van der Waals surface area contributed by atoms with Gasteiger partial charge >= 0.3 is 5.97 Å². The van der Waals surface area contributed by atoms with E-state index in [0.29, 0.717) is 26.4 Å². The van der Waals surface area contributed by atoms with Crippen molar-refractivity contribution in [3.05, 3.63) is 12.3 Å². The number of aliphatic hydroxyl groups is 2. The molecule has 0 aliphatic heterocycles. The summed E-state index contributed by atoms with van der Waals surface area (Å²) in [4.78, 5) is 9.71. The molecule has 0 radical (unpaired) electrons. The lowest BCUT2D eigenvalue weighted by Gasteiger charge is -2.01. The molecule has 0 fully saturated rings. The van der Waals surface area contributed by atoms with Crippen LogP contribution < -0.4 is 0 Å². The Morgan fingerprint density at radius 2 is 1.47 bits per heavy atom. The van der Waals surface area contributed by atoms with Crippen molar-refractivity contribution in [3.8, 4) is 0 Å². The van der Waals surface area contributed by atoms with Gasteiger partial charge in [0.2, 0.25) is 0 Å². The highest BCUT2D eigenvalue weighted by atomic mass is 16.5. The number of aliphatic hydroxyl groups excluding tert-OH is 2.